The second kappa shape index (κ2) is 13.3. The number of hydrogen-bond acceptors (Lipinski definition) is 4. The second-order valence-electron chi connectivity index (χ2n) is 12.2. The molecule has 1 saturated heterocycles. The maximum atomic E-state index is 14.0. The van der Waals surface area contributed by atoms with E-state index in [1.165, 1.54) is 16.4 Å². The third kappa shape index (κ3) is 7.02. The summed E-state index contributed by atoms with van der Waals surface area (Å²) < 4.78 is 41.8. The van der Waals surface area contributed by atoms with E-state index in [0.29, 0.717) is 15.6 Å². The number of carboxylic acids is 1. The van der Waals surface area contributed by atoms with Crippen LogP contribution in [0.1, 0.15) is 61.6 Å². The van der Waals surface area contributed by atoms with Gasteiger partial charge in [0.05, 0.1) is 17.4 Å². The molecule has 0 bridgehead atoms. The Bertz CT molecular complexity index is 1560. The monoisotopic (exact) mass is 659 g/mol. The van der Waals surface area contributed by atoms with E-state index in [1.54, 1.807) is 37.3 Å². The van der Waals surface area contributed by atoms with Gasteiger partial charge in [0.1, 0.15) is 5.82 Å². The van der Waals surface area contributed by atoms with Crippen LogP contribution in [0.5, 0.6) is 0 Å². The Morgan fingerprint density at radius 3 is 2.43 bits per heavy atom. The van der Waals surface area contributed by atoms with E-state index in [0.717, 1.165) is 24.0 Å². The first-order valence-corrected chi connectivity index (χ1v) is 16.4. The van der Waals surface area contributed by atoms with Gasteiger partial charge in [-0.2, -0.15) is 0 Å². The van der Waals surface area contributed by atoms with Crippen molar-refractivity contribution in [2.24, 2.45) is 11.3 Å². The number of carbonyl (C=O) groups is 2. The standard InChI is InChI=1S/C33H35Cl2FN2O5S/c1-32(20-30(39)40)18-28(22-5-3-6-26(35)17-22)29(37-31(32)41)19-33(23-8-9-23,24-10-12-25(34)13-11-24)38(44(42)43)15-14-21-4-2-7-27(36)16-21/h2-7,10-13,16-17,23,28-29H,8-9,14-15,18-20H2,1H3,(H,37,41)(H,39,40)(H,42,43)/p-1/t28-,29+,32+,33+/m1/s1. The van der Waals surface area contributed by atoms with E-state index in [4.69, 9.17) is 23.2 Å². The number of amides is 1. The third-order valence-electron chi connectivity index (χ3n) is 9.08. The van der Waals surface area contributed by atoms with E-state index in [2.05, 4.69) is 5.32 Å². The summed E-state index contributed by atoms with van der Waals surface area (Å²) in [5.74, 6) is -2.28. The minimum atomic E-state index is -2.69. The fourth-order valence-corrected chi connectivity index (χ4v) is 8.03. The smallest absolute Gasteiger partial charge is 0.304 e. The fourth-order valence-electron chi connectivity index (χ4n) is 6.86. The van der Waals surface area contributed by atoms with Gasteiger partial charge in [0.15, 0.2) is 0 Å². The van der Waals surface area contributed by atoms with Gasteiger partial charge < -0.3 is 15.0 Å². The van der Waals surface area contributed by atoms with Gasteiger partial charge in [-0.3, -0.25) is 13.8 Å². The summed E-state index contributed by atoms with van der Waals surface area (Å²) in [6, 6.07) is 19.9. The molecule has 1 saturated carbocycles. The van der Waals surface area contributed by atoms with Crippen LogP contribution in [0.25, 0.3) is 0 Å². The van der Waals surface area contributed by atoms with Crippen molar-refractivity contribution in [1.29, 1.82) is 0 Å². The van der Waals surface area contributed by atoms with Crippen molar-refractivity contribution in [3.8, 4) is 0 Å². The minimum absolute atomic E-state index is 0.0571. The number of carbonyl (C=O) groups excluding carboxylic acids is 1. The molecule has 0 spiro atoms. The summed E-state index contributed by atoms with van der Waals surface area (Å²) in [6.45, 7) is 1.73. The normalized spacial score (nSPS) is 24.0. The number of nitrogens with one attached hydrogen (secondary N) is 1. The Morgan fingerprint density at radius 1 is 1.11 bits per heavy atom. The zero-order valence-corrected chi connectivity index (χ0v) is 26.5. The molecule has 1 heterocycles. The zero-order chi connectivity index (χ0) is 31.6. The molecule has 2 aliphatic rings. The first kappa shape index (κ1) is 32.6. The Kier molecular flexibility index (Phi) is 9.82. The zero-order valence-electron chi connectivity index (χ0n) is 24.2. The maximum Gasteiger partial charge on any atom is 0.304 e. The largest absolute Gasteiger partial charge is 0.760 e. The summed E-state index contributed by atoms with van der Waals surface area (Å²) in [5.41, 5.74) is -0.0236. The predicted octanol–water partition coefficient (Wildman–Crippen LogP) is 6.62. The summed E-state index contributed by atoms with van der Waals surface area (Å²) in [6.07, 6.45) is 1.94. The van der Waals surface area contributed by atoms with E-state index < -0.39 is 46.0 Å². The van der Waals surface area contributed by atoms with Crippen molar-refractivity contribution in [2.45, 2.75) is 62.9 Å². The molecule has 3 aromatic carbocycles. The van der Waals surface area contributed by atoms with Gasteiger partial charge in [-0.15, -0.1) is 0 Å². The van der Waals surface area contributed by atoms with Crippen molar-refractivity contribution < 1.29 is 27.8 Å². The third-order valence-corrected chi connectivity index (χ3v) is 10.4. The lowest BCUT2D eigenvalue weighted by molar-refractivity contribution is -0.147. The molecule has 0 radical (unpaired) electrons. The molecule has 2 N–H and O–H groups in total. The van der Waals surface area contributed by atoms with Crippen molar-refractivity contribution >= 4 is 46.3 Å². The molecule has 2 fully saturated rings. The summed E-state index contributed by atoms with van der Waals surface area (Å²) in [7, 11) is 0. The van der Waals surface area contributed by atoms with Gasteiger partial charge in [-0.1, -0.05) is 66.5 Å². The topological polar surface area (TPSA) is 110 Å². The molecule has 5 atom stereocenters. The van der Waals surface area contributed by atoms with Crippen LogP contribution in [0.4, 0.5) is 4.39 Å². The van der Waals surface area contributed by atoms with E-state index in [9.17, 15) is 27.8 Å². The number of carboxylic acid groups (broad SMARTS) is 1. The number of rotatable bonds is 12. The molecule has 5 rings (SSSR count). The summed E-state index contributed by atoms with van der Waals surface area (Å²) in [5, 5.41) is 13.8. The van der Waals surface area contributed by atoms with E-state index in [-0.39, 0.29) is 44.1 Å². The van der Waals surface area contributed by atoms with Gasteiger partial charge in [0, 0.05) is 39.8 Å². The van der Waals surface area contributed by atoms with Crippen LogP contribution in [-0.4, -0.2) is 42.6 Å². The number of aliphatic carboxylic acids is 1. The highest BCUT2D eigenvalue weighted by atomic mass is 35.5. The summed E-state index contributed by atoms with van der Waals surface area (Å²) in [4.78, 5) is 25.4. The Morgan fingerprint density at radius 2 is 1.82 bits per heavy atom. The first-order chi connectivity index (χ1) is 20.9. The average Bonchev–Trinajstić information content (AvgIpc) is 3.80. The molecule has 11 heteroatoms. The van der Waals surface area contributed by atoms with Crippen molar-refractivity contribution in [3.63, 3.8) is 0 Å². The lowest BCUT2D eigenvalue weighted by atomic mass is 9.66. The molecule has 1 unspecified atom stereocenters. The second-order valence-corrected chi connectivity index (χ2v) is 13.9. The number of hydrogen-bond donors (Lipinski definition) is 2. The lowest BCUT2D eigenvalue weighted by Crippen LogP contribution is -2.59. The molecule has 44 heavy (non-hydrogen) atoms. The van der Waals surface area contributed by atoms with Gasteiger partial charge in [0.25, 0.3) is 0 Å². The number of benzene rings is 3. The van der Waals surface area contributed by atoms with Crippen molar-refractivity contribution in [2.75, 3.05) is 6.54 Å². The van der Waals surface area contributed by atoms with Gasteiger partial charge in [0.2, 0.25) is 5.91 Å². The van der Waals surface area contributed by atoms with Crippen LogP contribution in [0.3, 0.4) is 0 Å². The van der Waals surface area contributed by atoms with Crippen LogP contribution in [-0.2, 0) is 32.8 Å². The molecular weight excluding hydrogens is 626 g/mol. The molecule has 1 amide bonds. The van der Waals surface area contributed by atoms with Crippen LogP contribution < -0.4 is 5.32 Å². The van der Waals surface area contributed by atoms with E-state index in [1.807, 2.05) is 30.3 Å². The number of nitrogens with zero attached hydrogens (tertiary/aromatic N) is 1. The molecule has 1 aliphatic carbocycles. The van der Waals surface area contributed by atoms with Crippen LogP contribution in [0.15, 0.2) is 72.8 Å². The molecule has 0 aromatic heterocycles. The SMILES string of the molecule is C[C@@]1(CC(=O)O)C[C@H](c2cccc(Cl)c2)[C@H](C[C@@](c2ccc(Cl)cc2)(C2CC2)N(CCc2cccc(F)c2)S(=O)[O-])NC1=O. The van der Waals surface area contributed by atoms with Gasteiger partial charge in [-0.05, 0) is 91.1 Å². The highest BCUT2D eigenvalue weighted by molar-refractivity contribution is 7.76. The van der Waals surface area contributed by atoms with E-state index >= 15 is 0 Å². The number of piperidine rings is 1. The Balaban J connectivity index is 1.61. The maximum absolute atomic E-state index is 14.0. The molecule has 234 valence electrons. The van der Waals surface area contributed by atoms with Gasteiger partial charge in [-0.25, -0.2) is 8.70 Å². The molecule has 3 aromatic rings. The quantitative estimate of drug-likeness (QED) is 0.212. The average molecular weight is 661 g/mol. The predicted molar refractivity (Wildman–Crippen MR) is 167 cm³/mol. The lowest BCUT2D eigenvalue weighted by Gasteiger charge is -2.50. The van der Waals surface area contributed by atoms with Crippen molar-refractivity contribution in [1.82, 2.24) is 9.62 Å². The highest BCUT2D eigenvalue weighted by Gasteiger charge is 2.55. The minimum Gasteiger partial charge on any atom is -0.760 e. The first-order valence-electron chi connectivity index (χ1n) is 14.6. The number of halogens is 3. The van der Waals surface area contributed by atoms with Gasteiger partial charge >= 0.3 is 5.97 Å². The van der Waals surface area contributed by atoms with Crippen LogP contribution >= 0.6 is 23.2 Å². The molecule has 7 nitrogen and oxygen atoms in total. The Hall–Kier alpha value is -2.82. The Labute approximate surface area is 269 Å². The van der Waals surface area contributed by atoms with Crippen LogP contribution in [0, 0.1) is 17.2 Å². The van der Waals surface area contributed by atoms with Crippen molar-refractivity contribution in [3.05, 3.63) is 105 Å². The highest BCUT2D eigenvalue weighted by Crippen LogP contribution is 2.55. The fraction of sp³-hybridized carbons (Fsp3) is 0.394. The molecular formula is C33H34Cl2FN2O5S-. The molecule has 1 aliphatic heterocycles. The summed E-state index contributed by atoms with van der Waals surface area (Å²) >= 11 is 9.97. The van der Waals surface area contributed by atoms with Crippen LogP contribution in [0.2, 0.25) is 10.0 Å².